The van der Waals surface area contributed by atoms with E-state index in [-0.39, 0.29) is 11.6 Å². The van der Waals surface area contributed by atoms with Crippen LogP contribution in [0.25, 0.3) is 0 Å². The van der Waals surface area contributed by atoms with Gasteiger partial charge in [0.15, 0.2) is 0 Å². The van der Waals surface area contributed by atoms with Crippen LogP contribution < -0.4 is 4.74 Å². The first-order chi connectivity index (χ1) is 12.1. The van der Waals surface area contributed by atoms with Gasteiger partial charge in [0.1, 0.15) is 5.75 Å². The van der Waals surface area contributed by atoms with E-state index in [2.05, 4.69) is 6.07 Å². The summed E-state index contributed by atoms with van der Waals surface area (Å²) in [6.45, 7) is 1.29. The number of hydrogen-bond acceptors (Lipinski definition) is 4. The van der Waals surface area contributed by atoms with E-state index in [4.69, 9.17) is 4.74 Å². The van der Waals surface area contributed by atoms with Crippen LogP contribution in [-0.2, 0) is 24.2 Å². The number of nitro benzene ring substituents is 1. The highest BCUT2D eigenvalue weighted by Crippen LogP contribution is 2.24. The van der Waals surface area contributed by atoms with Crippen LogP contribution in [0.1, 0.15) is 23.1 Å². The van der Waals surface area contributed by atoms with Crippen molar-refractivity contribution in [3.05, 3.63) is 69.3 Å². The van der Waals surface area contributed by atoms with E-state index in [1.165, 1.54) is 17.7 Å². The van der Waals surface area contributed by atoms with Gasteiger partial charge >= 0.3 is 0 Å². The fraction of sp³-hybridized carbons (Fsp3) is 0.316. The first-order valence-corrected chi connectivity index (χ1v) is 8.23. The third-order valence-electron chi connectivity index (χ3n) is 4.53. The predicted octanol–water partition coefficient (Wildman–Crippen LogP) is 3.12. The minimum absolute atomic E-state index is 0.0592. The Morgan fingerprint density at radius 2 is 2.08 bits per heavy atom. The molecule has 0 unspecified atom stereocenters. The lowest BCUT2D eigenvalue weighted by Crippen LogP contribution is -2.36. The maximum Gasteiger partial charge on any atom is 0.269 e. The Morgan fingerprint density at radius 3 is 2.84 bits per heavy atom. The van der Waals surface area contributed by atoms with E-state index in [1.807, 2.05) is 23.1 Å². The molecule has 0 bridgehead atoms. The Labute approximate surface area is 146 Å². The summed E-state index contributed by atoms with van der Waals surface area (Å²) in [7, 11) is 1.63. The molecular formula is C19H20N2O4. The average molecular weight is 340 g/mol. The smallest absolute Gasteiger partial charge is 0.269 e. The van der Waals surface area contributed by atoms with Gasteiger partial charge in [0.25, 0.3) is 5.69 Å². The highest BCUT2D eigenvalue weighted by Gasteiger charge is 2.21. The molecule has 1 heterocycles. The number of ether oxygens (including phenoxy) is 1. The third kappa shape index (κ3) is 3.96. The second kappa shape index (κ2) is 7.34. The van der Waals surface area contributed by atoms with Gasteiger partial charge in [-0.15, -0.1) is 0 Å². The van der Waals surface area contributed by atoms with E-state index in [0.29, 0.717) is 25.9 Å². The van der Waals surface area contributed by atoms with Gasteiger partial charge in [0, 0.05) is 31.6 Å². The normalized spacial score (nSPS) is 13.2. The van der Waals surface area contributed by atoms with Gasteiger partial charge in [0.2, 0.25) is 5.91 Å². The van der Waals surface area contributed by atoms with Crippen LogP contribution in [-0.4, -0.2) is 29.4 Å². The Kier molecular flexibility index (Phi) is 4.97. The van der Waals surface area contributed by atoms with Crippen molar-refractivity contribution in [1.29, 1.82) is 0 Å². The predicted molar refractivity (Wildman–Crippen MR) is 93.5 cm³/mol. The molecule has 0 atom stereocenters. The van der Waals surface area contributed by atoms with Gasteiger partial charge < -0.3 is 9.64 Å². The Hall–Kier alpha value is -2.89. The van der Waals surface area contributed by atoms with E-state index in [9.17, 15) is 14.9 Å². The number of amides is 1. The summed E-state index contributed by atoms with van der Waals surface area (Å²) >= 11 is 0. The maximum atomic E-state index is 12.5. The Bertz CT molecular complexity index is 804. The van der Waals surface area contributed by atoms with Crippen LogP contribution in [0.2, 0.25) is 0 Å². The van der Waals surface area contributed by atoms with Crippen molar-refractivity contribution in [2.45, 2.75) is 25.8 Å². The van der Waals surface area contributed by atoms with Crippen LogP contribution in [0.5, 0.6) is 5.75 Å². The molecule has 3 rings (SSSR count). The molecule has 0 fully saturated rings. The molecule has 130 valence electrons. The van der Waals surface area contributed by atoms with Crippen LogP contribution in [0.3, 0.4) is 0 Å². The molecule has 0 spiro atoms. The number of carbonyl (C=O) groups is 1. The van der Waals surface area contributed by atoms with Crippen molar-refractivity contribution in [3.63, 3.8) is 0 Å². The summed E-state index contributed by atoms with van der Waals surface area (Å²) < 4.78 is 5.25. The lowest BCUT2D eigenvalue weighted by atomic mass is 9.99. The number of carbonyl (C=O) groups excluding carboxylic acids is 1. The largest absolute Gasteiger partial charge is 0.497 e. The molecule has 0 saturated carbocycles. The molecule has 2 aromatic rings. The quantitative estimate of drug-likeness (QED) is 0.619. The topological polar surface area (TPSA) is 72.7 Å². The van der Waals surface area contributed by atoms with Crippen LogP contribution >= 0.6 is 0 Å². The van der Waals surface area contributed by atoms with Crippen molar-refractivity contribution in [1.82, 2.24) is 4.90 Å². The number of fused-ring (bicyclic) bond motifs is 1. The van der Waals surface area contributed by atoms with E-state index in [1.54, 1.807) is 13.2 Å². The van der Waals surface area contributed by atoms with Crippen molar-refractivity contribution in [2.24, 2.45) is 0 Å². The van der Waals surface area contributed by atoms with Crippen molar-refractivity contribution < 1.29 is 14.5 Å². The number of hydrogen-bond donors (Lipinski definition) is 0. The Balaban J connectivity index is 1.62. The summed E-state index contributed by atoms with van der Waals surface area (Å²) in [4.78, 5) is 24.8. The number of nitro groups is 1. The number of non-ortho nitro benzene ring substituents is 1. The molecule has 1 amide bonds. The maximum absolute atomic E-state index is 12.5. The van der Waals surface area contributed by atoms with Gasteiger partial charge in [-0.05, 0) is 41.7 Å². The van der Waals surface area contributed by atoms with Crippen molar-refractivity contribution >= 4 is 11.6 Å². The minimum atomic E-state index is -0.416. The highest BCUT2D eigenvalue weighted by molar-refractivity contribution is 5.77. The molecule has 6 nitrogen and oxygen atoms in total. The third-order valence-corrected chi connectivity index (χ3v) is 4.53. The molecule has 2 aromatic carbocycles. The number of aryl methyl sites for hydroxylation is 1. The minimum Gasteiger partial charge on any atom is -0.497 e. The van der Waals surface area contributed by atoms with Gasteiger partial charge in [-0.1, -0.05) is 18.2 Å². The van der Waals surface area contributed by atoms with Gasteiger partial charge in [-0.2, -0.15) is 0 Å². The SMILES string of the molecule is COc1ccc2c(c1)CN(C(=O)CCc1cccc([N+](=O)[O-])c1)CC2. The molecular weight excluding hydrogens is 320 g/mol. The lowest BCUT2D eigenvalue weighted by molar-refractivity contribution is -0.384. The molecule has 6 heteroatoms. The standard InChI is InChI=1S/C19H20N2O4/c1-25-18-7-6-15-9-10-20(13-16(15)12-18)19(22)8-5-14-3-2-4-17(11-14)21(23)24/h2-4,6-7,11-12H,5,8-10,13H2,1H3. The monoisotopic (exact) mass is 340 g/mol. The Morgan fingerprint density at radius 1 is 1.24 bits per heavy atom. The number of methoxy groups -OCH3 is 1. The van der Waals surface area contributed by atoms with Crippen LogP contribution in [0.4, 0.5) is 5.69 Å². The second-order valence-corrected chi connectivity index (χ2v) is 6.13. The fourth-order valence-corrected chi connectivity index (χ4v) is 3.11. The molecule has 0 aromatic heterocycles. The molecule has 1 aliphatic rings. The van der Waals surface area contributed by atoms with Crippen LogP contribution in [0.15, 0.2) is 42.5 Å². The van der Waals surface area contributed by atoms with Crippen molar-refractivity contribution in [3.8, 4) is 5.75 Å². The molecule has 25 heavy (non-hydrogen) atoms. The number of rotatable bonds is 5. The second-order valence-electron chi connectivity index (χ2n) is 6.13. The summed E-state index contributed by atoms with van der Waals surface area (Å²) in [6, 6.07) is 12.4. The molecule has 1 aliphatic heterocycles. The fourth-order valence-electron chi connectivity index (χ4n) is 3.11. The summed E-state index contributed by atoms with van der Waals surface area (Å²) in [5.41, 5.74) is 3.24. The zero-order chi connectivity index (χ0) is 17.8. The molecule has 0 N–H and O–H groups in total. The van der Waals surface area contributed by atoms with E-state index in [0.717, 1.165) is 23.3 Å². The molecule has 0 saturated heterocycles. The van der Waals surface area contributed by atoms with Gasteiger partial charge in [-0.25, -0.2) is 0 Å². The average Bonchev–Trinajstić information content (AvgIpc) is 2.65. The molecule has 0 aliphatic carbocycles. The number of benzene rings is 2. The van der Waals surface area contributed by atoms with Gasteiger partial charge in [0.05, 0.1) is 12.0 Å². The first-order valence-electron chi connectivity index (χ1n) is 8.23. The molecule has 0 radical (unpaired) electrons. The number of nitrogens with zero attached hydrogens (tertiary/aromatic N) is 2. The summed E-state index contributed by atoms with van der Waals surface area (Å²) in [5.74, 6) is 0.865. The summed E-state index contributed by atoms with van der Waals surface area (Å²) in [5, 5.41) is 10.8. The van der Waals surface area contributed by atoms with Crippen LogP contribution in [0, 0.1) is 10.1 Å². The van der Waals surface area contributed by atoms with Gasteiger partial charge in [-0.3, -0.25) is 14.9 Å². The highest BCUT2D eigenvalue weighted by atomic mass is 16.6. The van der Waals surface area contributed by atoms with Crippen molar-refractivity contribution in [2.75, 3.05) is 13.7 Å². The summed E-state index contributed by atoms with van der Waals surface area (Å²) in [6.07, 6.45) is 1.68. The first kappa shape index (κ1) is 17.0. The zero-order valence-corrected chi connectivity index (χ0v) is 14.1. The van der Waals surface area contributed by atoms with E-state index >= 15 is 0 Å². The lowest BCUT2D eigenvalue weighted by Gasteiger charge is -2.29. The van der Waals surface area contributed by atoms with E-state index < -0.39 is 4.92 Å². The zero-order valence-electron chi connectivity index (χ0n) is 14.1.